The molecule has 0 bridgehead atoms. The molecular weight excluding hydrogens is 336 g/mol. The Morgan fingerprint density at radius 3 is 1.95 bits per heavy atom. The molecule has 1 heterocycles. The lowest BCUT2D eigenvalue weighted by Gasteiger charge is -2.11. The van der Waals surface area contributed by atoms with Gasteiger partial charge in [0, 0.05) is 15.2 Å². The fourth-order valence-electron chi connectivity index (χ4n) is 3.00. The van der Waals surface area contributed by atoms with Crippen LogP contribution in [0, 0.1) is 11.3 Å². The lowest BCUT2D eigenvalue weighted by molar-refractivity contribution is 1.16. The molecule has 4 aromatic rings. The van der Waals surface area contributed by atoms with Gasteiger partial charge in [0.15, 0.2) is 0 Å². The molecule has 2 nitrogen and oxygen atoms in total. The van der Waals surface area contributed by atoms with Crippen molar-refractivity contribution < 1.29 is 0 Å². The minimum Gasteiger partial charge on any atom is -0.307 e. The number of rotatable bonds is 1. The number of para-hydroxylation sites is 3. The quantitative estimate of drug-likeness (QED) is 0.452. The van der Waals surface area contributed by atoms with Gasteiger partial charge in [-0.25, -0.2) is 0 Å². The lowest BCUT2D eigenvalue weighted by atomic mass is 10.2. The van der Waals surface area contributed by atoms with E-state index in [0.29, 0.717) is 5.56 Å². The zero-order valence-electron chi connectivity index (χ0n) is 11.6. The molecule has 0 saturated heterocycles. The maximum absolute atomic E-state index is 9.50. The van der Waals surface area contributed by atoms with Crippen molar-refractivity contribution in [1.82, 2.24) is 4.57 Å². The minimum atomic E-state index is 0.654. The van der Waals surface area contributed by atoms with Crippen LogP contribution in [0.1, 0.15) is 5.56 Å². The van der Waals surface area contributed by atoms with Gasteiger partial charge < -0.3 is 4.57 Å². The molecule has 0 amide bonds. The number of hydrogen-bond donors (Lipinski definition) is 0. The van der Waals surface area contributed by atoms with Crippen molar-refractivity contribution in [1.29, 1.82) is 5.26 Å². The van der Waals surface area contributed by atoms with Crippen molar-refractivity contribution in [2.75, 3.05) is 0 Å². The van der Waals surface area contributed by atoms with E-state index in [1.807, 2.05) is 42.5 Å². The predicted octanol–water partition coefficient (Wildman–Crippen LogP) is 5.42. The highest BCUT2D eigenvalue weighted by molar-refractivity contribution is 9.10. The van der Waals surface area contributed by atoms with Crippen LogP contribution in [0.15, 0.2) is 71.2 Å². The molecule has 0 unspecified atom stereocenters. The smallest absolute Gasteiger partial charge is 0.101 e. The molecule has 0 saturated carbocycles. The predicted molar refractivity (Wildman–Crippen MR) is 93.2 cm³/mol. The van der Waals surface area contributed by atoms with E-state index < -0.39 is 0 Å². The summed E-state index contributed by atoms with van der Waals surface area (Å²) in [6.45, 7) is 0. The fraction of sp³-hybridized carbons (Fsp3) is 0. The van der Waals surface area contributed by atoms with Crippen LogP contribution in [-0.2, 0) is 0 Å². The van der Waals surface area contributed by atoms with Crippen LogP contribution < -0.4 is 0 Å². The van der Waals surface area contributed by atoms with Gasteiger partial charge in [-0.3, -0.25) is 0 Å². The maximum atomic E-state index is 9.50. The highest BCUT2D eigenvalue weighted by Gasteiger charge is 2.16. The third-order valence-corrected chi connectivity index (χ3v) is 4.55. The van der Waals surface area contributed by atoms with E-state index >= 15 is 0 Å². The van der Waals surface area contributed by atoms with Crippen LogP contribution in [0.2, 0.25) is 0 Å². The first-order valence-electron chi connectivity index (χ1n) is 6.98. The first-order chi connectivity index (χ1) is 10.8. The lowest BCUT2D eigenvalue weighted by Crippen LogP contribution is -1.98. The normalized spacial score (nSPS) is 10.9. The zero-order valence-corrected chi connectivity index (χ0v) is 13.2. The molecule has 3 heteroatoms. The summed E-state index contributed by atoms with van der Waals surface area (Å²) in [6, 6.07) is 24.6. The van der Waals surface area contributed by atoms with Crippen molar-refractivity contribution in [2.45, 2.75) is 0 Å². The Morgan fingerprint density at radius 2 is 1.36 bits per heavy atom. The van der Waals surface area contributed by atoms with Crippen LogP contribution in [-0.4, -0.2) is 4.57 Å². The number of aromatic nitrogens is 1. The zero-order chi connectivity index (χ0) is 15.1. The third-order valence-electron chi connectivity index (χ3n) is 3.91. The summed E-state index contributed by atoms with van der Waals surface area (Å²) in [6.07, 6.45) is 0. The molecule has 0 aliphatic rings. The van der Waals surface area contributed by atoms with Crippen molar-refractivity contribution in [3.63, 3.8) is 0 Å². The molecular formula is C19H11BrN2. The summed E-state index contributed by atoms with van der Waals surface area (Å²) in [7, 11) is 0. The Bertz CT molecular complexity index is 1000. The average molecular weight is 347 g/mol. The van der Waals surface area contributed by atoms with Gasteiger partial charge in [0.1, 0.15) is 6.07 Å². The van der Waals surface area contributed by atoms with E-state index in [4.69, 9.17) is 0 Å². The summed E-state index contributed by atoms with van der Waals surface area (Å²) in [5.41, 5.74) is 3.75. The molecule has 0 fully saturated rings. The Hall–Kier alpha value is -2.57. The van der Waals surface area contributed by atoms with E-state index in [0.717, 1.165) is 21.2 Å². The molecule has 4 rings (SSSR count). The second-order valence-electron chi connectivity index (χ2n) is 5.12. The number of halogens is 1. The second kappa shape index (κ2) is 5.01. The van der Waals surface area contributed by atoms with Gasteiger partial charge in [-0.1, -0.05) is 42.5 Å². The molecule has 0 N–H and O–H groups in total. The van der Waals surface area contributed by atoms with E-state index in [2.05, 4.69) is 50.8 Å². The molecule has 3 aromatic carbocycles. The van der Waals surface area contributed by atoms with Crippen molar-refractivity contribution >= 4 is 37.7 Å². The first kappa shape index (κ1) is 13.1. The number of fused-ring (bicyclic) bond motifs is 3. The molecule has 0 radical (unpaired) electrons. The molecule has 0 aliphatic heterocycles. The van der Waals surface area contributed by atoms with Crippen LogP contribution >= 0.6 is 15.9 Å². The summed E-state index contributed by atoms with van der Waals surface area (Å²) in [5, 5.41) is 11.9. The monoisotopic (exact) mass is 346 g/mol. The molecule has 104 valence electrons. The van der Waals surface area contributed by atoms with Crippen LogP contribution in [0.4, 0.5) is 0 Å². The number of nitriles is 1. The van der Waals surface area contributed by atoms with Crippen molar-refractivity contribution in [2.24, 2.45) is 0 Å². The molecule has 0 spiro atoms. The fourth-order valence-corrected chi connectivity index (χ4v) is 3.54. The Labute approximate surface area is 136 Å². The summed E-state index contributed by atoms with van der Waals surface area (Å²) in [4.78, 5) is 0. The highest BCUT2D eigenvalue weighted by Crippen LogP contribution is 2.35. The van der Waals surface area contributed by atoms with Gasteiger partial charge in [0.05, 0.1) is 22.3 Å². The van der Waals surface area contributed by atoms with Gasteiger partial charge in [-0.2, -0.15) is 5.26 Å². The van der Waals surface area contributed by atoms with Crippen LogP contribution in [0.25, 0.3) is 27.5 Å². The Morgan fingerprint density at radius 1 is 0.773 bits per heavy atom. The van der Waals surface area contributed by atoms with Crippen LogP contribution in [0.5, 0.6) is 0 Å². The minimum absolute atomic E-state index is 0.654. The Kier molecular flexibility index (Phi) is 2.99. The Balaban J connectivity index is 2.27. The topological polar surface area (TPSA) is 28.7 Å². The van der Waals surface area contributed by atoms with Gasteiger partial charge in [0.25, 0.3) is 0 Å². The van der Waals surface area contributed by atoms with Crippen molar-refractivity contribution in [3.05, 3.63) is 76.8 Å². The standard InChI is InChI=1S/C19H11BrN2/c20-16-9-5-6-13(12-21)19(16)22-17-10-3-1-7-14(17)15-8-2-4-11-18(15)22/h1-11H. The average Bonchev–Trinajstić information content (AvgIpc) is 2.89. The van der Waals surface area contributed by atoms with Gasteiger partial charge >= 0.3 is 0 Å². The van der Waals surface area contributed by atoms with E-state index in [-0.39, 0.29) is 0 Å². The highest BCUT2D eigenvalue weighted by atomic mass is 79.9. The molecule has 0 aliphatic carbocycles. The molecule has 0 atom stereocenters. The largest absolute Gasteiger partial charge is 0.307 e. The first-order valence-corrected chi connectivity index (χ1v) is 7.78. The molecule has 22 heavy (non-hydrogen) atoms. The van der Waals surface area contributed by atoms with E-state index in [9.17, 15) is 5.26 Å². The number of nitrogens with zero attached hydrogens (tertiary/aromatic N) is 2. The summed E-state index contributed by atoms with van der Waals surface area (Å²) in [5.74, 6) is 0. The maximum Gasteiger partial charge on any atom is 0.101 e. The summed E-state index contributed by atoms with van der Waals surface area (Å²) < 4.78 is 3.07. The SMILES string of the molecule is N#Cc1cccc(Br)c1-n1c2ccccc2c2ccccc21. The van der Waals surface area contributed by atoms with E-state index in [1.54, 1.807) is 0 Å². The van der Waals surface area contributed by atoms with Gasteiger partial charge in [0.2, 0.25) is 0 Å². The van der Waals surface area contributed by atoms with E-state index in [1.165, 1.54) is 10.8 Å². The van der Waals surface area contributed by atoms with Crippen molar-refractivity contribution in [3.8, 4) is 11.8 Å². The van der Waals surface area contributed by atoms with Gasteiger partial charge in [-0.05, 0) is 40.2 Å². The number of hydrogen-bond acceptors (Lipinski definition) is 1. The molecule has 1 aromatic heterocycles. The third kappa shape index (κ3) is 1.78. The van der Waals surface area contributed by atoms with Crippen LogP contribution in [0.3, 0.4) is 0 Å². The second-order valence-corrected chi connectivity index (χ2v) is 5.97. The summed E-state index contributed by atoms with van der Waals surface area (Å²) >= 11 is 3.61. The van der Waals surface area contributed by atoms with Gasteiger partial charge in [-0.15, -0.1) is 0 Å². The number of benzene rings is 3.